The van der Waals surface area contributed by atoms with Gasteiger partial charge in [-0.1, -0.05) is 51.2 Å². The van der Waals surface area contributed by atoms with Crippen LogP contribution in [0.15, 0.2) is 12.2 Å². The Kier molecular flexibility index (Phi) is 6.79. The van der Waals surface area contributed by atoms with Crippen molar-refractivity contribution < 1.29 is 4.74 Å². The van der Waals surface area contributed by atoms with E-state index < -0.39 is 0 Å². The molecular weight excluding hydrogens is 196 g/mol. The first kappa shape index (κ1) is 13.8. The first-order valence-corrected chi connectivity index (χ1v) is 7.02. The Labute approximate surface area is 101 Å². The fourth-order valence-electron chi connectivity index (χ4n) is 2.64. The van der Waals surface area contributed by atoms with E-state index in [0.717, 1.165) is 6.61 Å². The van der Waals surface area contributed by atoms with Crippen molar-refractivity contribution in [3.05, 3.63) is 12.2 Å². The molecule has 0 saturated carbocycles. The number of hydrogen-bond acceptors (Lipinski definition) is 1. The van der Waals surface area contributed by atoms with Gasteiger partial charge in [0.15, 0.2) is 0 Å². The molecule has 0 amide bonds. The van der Waals surface area contributed by atoms with Crippen LogP contribution >= 0.6 is 0 Å². The quantitative estimate of drug-likeness (QED) is 0.449. The molecule has 1 fully saturated rings. The molecule has 0 radical (unpaired) electrons. The van der Waals surface area contributed by atoms with Gasteiger partial charge in [-0.05, 0) is 26.2 Å². The molecule has 0 bridgehead atoms. The van der Waals surface area contributed by atoms with Gasteiger partial charge in [0.25, 0.3) is 0 Å². The molecular formula is C15H28O. The van der Waals surface area contributed by atoms with Gasteiger partial charge in [0.05, 0.1) is 6.10 Å². The van der Waals surface area contributed by atoms with Crippen LogP contribution in [0.2, 0.25) is 0 Å². The molecule has 94 valence electrons. The summed E-state index contributed by atoms with van der Waals surface area (Å²) >= 11 is 0. The van der Waals surface area contributed by atoms with Crippen LogP contribution in [0.1, 0.15) is 65.2 Å². The van der Waals surface area contributed by atoms with Gasteiger partial charge in [0.2, 0.25) is 0 Å². The summed E-state index contributed by atoms with van der Waals surface area (Å²) in [5.74, 6) is 0.625. The van der Waals surface area contributed by atoms with Crippen LogP contribution in [-0.2, 0) is 4.74 Å². The summed E-state index contributed by atoms with van der Waals surface area (Å²) in [6.45, 7) is 9.49. The number of unbranched alkanes of at least 4 members (excludes halogenated alkanes) is 4. The predicted molar refractivity (Wildman–Crippen MR) is 70.7 cm³/mol. The third kappa shape index (κ3) is 4.69. The maximum absolute atomic E-state index is 5.90. The first-order valence-electron chi connectivity index (χ1n) is 7.02. The van der Waals surface area contributed by atoms with Crippen LogP contribution in [-0.4, -0.2) is 12.7 Å². The molecule has 1 rings (SSSR count). The average Bonchev–Trinajstić information content (AvgIpc) is 2.29. The Balaban J connectivity index is 2.19. The van der Waals surface area contributed by atoms with Crippen molar-refractivity contribution >= 4 is 0 Å². The van der Waals surface area contributed by atoms with Crippen LogP contribution in [0.4, 0.5) is 0 Å². The van der Waals surface area contributed by atoms with Crippen molar-refractivity contribution in [3.63, 3.8) is 0 Å². The molecule has 1 nitrogen and oxygen atoms in total. The van der Waals surface area contributed by atoms with Gasteiger partial charge in [0.1, 0.15) is 0 Å². The lowest BCUT2D eigenvalue weighted by Crippen LogP contribution is -2.30. The summed E-state index contributed by atoms with van der Waals surface area (Å²) < 4.78 is 5.90. The average molecular weight is 224 g/mol. The Bertz CT molecular complexity index is 198. The minimum Gasteiger partial charge on any atom is -0.378 e. The highest BCUT2D eigenvalue weighted by Crippen LogP contribution is 2.29. The van der Waals surface area contributed by atoms with E-state index >= 15 is 0 Å². The van der Waals surface area contributed by atoms with E-state index in [9.17, 15) is 0 Å². The Morgan fingerprint density at radius 1 is 1.25 bits per heavy atom. The molecule has 0 aromatic heterocycles. The van der Waals surface area contributed by atoms with Crippen molar-refractivity contribution in [1.82, 2.24) is 0 Å². The zero-order valence-electron chi connectivity index (χ0n) is 11.1. The summed E-state index contributed by atoms with van der Waals surface area (Å²) in [6.07, 6.45) is 11.0. The maximum Gasteiger partial charge on any atom is 0.0640 e. The molecule has 0 aromatic carbocycles. The lowest BCUT2D eigenvalue weighted by atomic mass is 9.86. The van der Waals surface area contributed by atoms with Crippen molar-refractivity contribution in [1.29, 1.82) is 0 Å². The van der Waals surface area contributed by atoms with Gasteiger partial charge in [-0.3, -0.25) is 0 Å². The smallest absolute Gasteiger partial charge is 0.0640 e. The van der Waals surface area contributed by atoms with Gasteiger partial charge in [0, 0.05) is 12.5 Å². The lowest BCUT2D eigenvalue weighted by Gasteiger charge is -2.32. The maximum atomic E-state index is 5.90. The highest BCUT2D eigenvalue weighted by Gasteiger charge is 2.25. The van der Waals surface area contributed by atoms with E-state index in [4.69, 9.17) is 4.74 Å². The summed E-state index contributed by atoms with van der Waals surface area (Å²) in [7, 11) is 0. The second kappa shape index (κ2) is 7.89. The topological polar surface area (TPSA) is 9.23 Å². The van der Waals surface area contributed by atoms with Crippen LogP contribution in [0.3, 0.4) is 0 Å². The lowest BCUT2D eigenvalue weighted by molar-refractivity contribution is -0.0200. The van der Waals surface area contributed by atoms with Crippen molar-refractivity contribution in [2.24, 2.45) is 5.92 Å². The molecule has 1 heteroatoms. The minimum absolute atomic E-state index is 0.466. The van der Waals surface area contributed by atoms with E-state index in [-0.39, 0.29) is 0 Å². The molecule has 0 spiro atoms. The first-order chi connectivity index (χ1) is 7.75. The van der Waals surface area contributed by atoms with E-state index in [1.54, 1.807) is 0 Å². The standard InChI is InChI=1S/C15H28O/c1-4-5-6-7-8-11-15-14(13(2)3)10-9-12-16-15/h14-15H,2,4-12H2,1,3H3/t14-,15-/m0/s1. The fourth-order valence-corrected chi connectivity index (χ4v) is 2.64. The third-order valence-corrected chi connectivity index (χ3v) is 3.67. The van der Waals surface area contributed by atoms with Gasteiger partial charge < -0.3 is 4.74 Å². The number of rotatable bonds is 7. The zero-order valence-corrected chi connectivity index (χ0v) is 11.1. The van der Waals surface area contributed by atoms with E-state index in [2.05, 4.69) is 20.4 Å². The highest BCUT2D eigenvalue weighted by molar-refractivity contribution is 5.00. The van der Waals surface area contributed by atoms with Gasteiger partial charge in [-0.25, -0.2) is 0 Å². The molecule has 1 saturated heterocycles. The second-order valence-corrected chi connectivity index (χ2v) is 5.21. The normalized spacial score (nSPS) is 25.6. The van der Waals surface area contributed by atoms with Crippen LogP contribution in [0, 0.1) is 5.92 Å². The summed E-state index contributed by atoms with van der Waals surface area (Å²) in [4.78, 5) is 0. The van der Waals surface area contributed by atoms with E-state index in [0.29, 0.717) is 12.0 Å². The fraction of sp³-hybridized carbons (Fsp3) is 0.867. The monoisotopic (exact) mass is 224 g/mol. The predicted octanol–water partition coefficient (Wildman–Crippen LogP) is 4.72. The number of hydrogen-bond donors (Lipinski definition) is 0. The van der Waals surface area contributed by atoms with Gasteiger partial charge >= 0.3 is 0 Å². The number of ether oxygens (including phenoxy) is 1. The van der Waals surface area contributed by atoms with Crippen molar-refractivity contribution in [3.8, 4) is 0 Å². The molecule has 1 aliphatic heterocycles. The zero-order chi connectivity index (χ0) is 11.8. The molecule has 1 aliphatic rings. The second-order valence-electron chi connectivity index (χ2n) is 5.21. The minimum atomic E-state index is 0.466. The highest BCUT2D eigenvalue weighted by atomic mass is 16.5. The van der Waals surface area contributed by atoms with Crippen LogP contribution in [0.5, 0.6) is 0 Å². The third-order valence-electron chi connectivity index (χ3n) is 3.67. The molecule has 0 N–H and O–H groups in total. The molecule has 0 aromatic rings. The molecule has 1 heterocycles. The van der Waals surface area contributed by atoms with Crippen LogP contribution < -0.4 is 0 Å². The Morgan fingerprint density at radius 2 is 2.00 bits per heavy atom. The van der Waals surface area contributed by atoms with Crippen molar-refractivity contribution in [2.45, 2.75) is 71.3 Å². The molecule has 0 unspecified atom stereocenters. The SMILES string of the molecule is C=C(C)[C@@H]1CCCO[C@H]1CCCCCCC. The van der Waals surface area contributed by atoms with E-state index in [1.165, 1.54) is 56.9 Å². The summed E-state index contributed by atoms with van der Waals surface area (Å²) in [5, 5.41) is 0. The largest absolute Gasteiger partial charge is 0.378 e. The Hall–Kier alpha value is -0.300. The molecule has 0 aliphatic carbocycles. The molecule has 16 heavy (non-hydrogen) atoms. The van der Waals surface area contributed by atoms with E-state index in [1.807, 2.05) is 0 Å². The summed E-state index contributed by atoms with van der Waals surface area (Å²) in [5.41, 5.74) is 1.32. The molecule has 2 atom stereocenters. The summed E-state index contributed by atoms with van der Waals surface area (Å²) in [6, 6.07) is 0. The van der Waals surface area contributed by atoms with Crippen molar-refractivity contribution in [2.75, 3.05) is 6.61 Å². The van der Waals surface area contributed by atoms with Gasteiger partial charge in [-0.2, -0.15) is 0 Å². The van der Waals surface area contributed by atoms with Crippen LogP contribution in [0.25, 0.3) is 0 Å². The van der Waals surface area contributed by atoms with Gasteiger partial charge in [-0.15, -0.1) is 0 Å². The Morgan fingerprint density at radius 3 is 2.69 bits per heavy atom.